The molecule has 4 nitrogen and oxygen atoms in total. The monoisotopic (exact) mass is 208 g/mol. The van der Waals surface area contributed by atoms with Crippen molar-refractivity contribution in [3.63, 3.8) is 0 Å². The molecule has 5 heteroatoms. The molecule has 0 saturated carbocycles. The fourth-order valence-corrected chi connectivity index (χ4v) is 2.03. The van der Waals surface area contributed by atoms with E-state index in [-0.39, 0.29) is 5.54 Å². The van der Waals surface area contributed by atoms with Gasteiger partial charge in [-0.3, -0.25) is 9.58 Å². The van der Waals surface area contributed by atoms with Crippen molar-refractivity contribution in [2.45, 2.75) is 18.9 Å². The summed E-state index contributed by atoms with van der Waals surface area (Å²) in [5.41, 5.74) is 0.751. The summed E-state index contributed by atoms with van der Waals surface area (Å²) in [6.07, 6.45) is 4.05. The highest BCUT2D eigenvalue weighted by Gasteiger charge is 2.45. The highest BCUT2D eigenvalue weighted by molar-refractivity contribution is 5.09. The van der Waals surface area contributed by atoms with Gasteiger partial charge in [0.05, 0.1) is 18.7 Å². The number of alkyl halides is 1. The minimum Gasteiger partial charge on any atom is -0.272 e. The third-order valence-electron chi connectivity index (χ3n) is 2.81. The summed E-state index contributed by atoms with van der Waals surface area (Å²) in [6, 6.07) is 2.15. The maximum Gasteiger partial charge on any atom is 0.143 e. The summed E-state index contributed by atoms with van der Waals surface area (Å²) in [5.74, 6) is 0. The molecule has 0 amide bonds. The van der Waals surface area contributed by atoms with Gasteiger partial charge in [0.15, 0.2) is 0 Å². The van der Waals surface area contributed by atoms with Gasteiger partial charge >= 0.3 is 0 Å². The number of aryl methyl sites for hydroxylation is 1. The van der Waals surface area contributed by atoms with Crippen LogP contribution in [0.15, 0.2) is 12.4 Å². The topological polar surface area (TPSA) is 44.9 Å². The van der Waals surface area contributed by atoms with Gasteiger partial charge in [0.25, 0.3) is 0 Å². The largest absolute Gasteiger partial charge is 0.272 e. The van der Waals surface area contributed by atoms with Gasteiger partial charge in [-0.15, -0.1) is 0 Å². The molecule has 0 unspecified atom stereocenters. The first-order valence-electron chi connectivity index (χ1n) is 4.87. The summed E-state index contributed by atoms with van der Waals surface area (Å²) in [5, 5.41) is 13.0. The molecule has 1 aliphatic heterocycles. The van der Waals surface area contributed by atoms with Gasteiger partial charge in [-0.25, -0.2) is 4.39 Å². The van der Waals surface area contributed by atoms with Crippen LogP contribution in [0.1, 0.15) is 12.0 Å². The molecule has 1 aromatic rings. The van der Waals surface area contributed by atoms with E-state index in [9.17, 15) is 4.39 Å². The van der Waals surface area contributed by atoms with E-state index in [0.29, 0.717) is 19.5 Å². The average molecular weight is 208 g/mol. The first-order valence-corrected chi connectivity index (χ1v) is 4.87. The Hall–Kier alpha value is -1.41. The molecule has 0 bridgehead atoms. The Bertz CT molecular complexity index is 386. The van der Waals surface area contributed by atoms with E-state index in [1.807, 2.05) is 13.1 Å². The van der Waals surface area contributed by atoms with Crippen molar-refractivity contribution in [1.29, 1.82) is 5.26 Å². The van der Waals surface area contributed by atoms with Crippen LogP contribution in [0, 0.1) is 18.3 Å². The van der Waals surface area contributed by atoms with Crippen LogP contribution in [-0.4, -0.2) is 34.6 Å². The van der Waals surface area contributed by atoms with Crippen LogP contribution in [0.2, 0.25) is 0 Å². The van der Waals surface area contributed by atoms with Crippen LogP contribution in [0.5, 0.6) is 0 Å². The molecule has 2 rings (SSSR count). The molecule has 0 atom stereocenters. The molecule has 80 valence electrons. The summed E-state index contributed by atoms with van der Waals surface area (Å²) < 4.78 is 14.2. The van der Waals surface area contributed by atoms with E-state index >= 15 is 0 Å². The van der Waals surface area contributed by atoms with Crippen LogP contribution < -0.4 is 0 Å². The SMILES string of the molecule is Cc1cnn(C2(CC#N)CN(CF)C2)c1. The highest BCUT2D eigenvalue weighted by atomic mass is 19.1. The molecule has 0 radical (unpaired) electrons. The first-order chi connectivity index (χ1) is 7.20. The molecule has 1 aromatic heterocycles. The summed E-state index contributed by atoms with van der Waals surface area (Å²) in [4.78, 5) is 1.66. The summed E-state index contributed by atoms with van der Waals surface area (Å²) >= 11 is 0. The van der Waals surface area contributed by atoms with Crippen LogP contribution in [0.3, 0.4) is 0 Å². The van der Waals surface area contributed by atoms with Gasteiger partial charge in [-0.05, 0) is 12.5 Å². The van der Waals surface area contributed by atoms with Gasteiger partial charge in [0, 0.05) is 19.3 Å². The highest BCUT2D eigenvalue weighted by Crippen LogP contribution is 2.31. The van der Waals surface area contributed by atoms with E-state index in [0.717, 1.165) is 5.56 Å². The lowest BCUT2D eigenvalue weighted by Crippen LogP contribution is -2.62. The van der Waals surface area contributed by atoms with E-state index in [2.05, 4.69) is 11.2 Å². The van der Waals surface area contributed by atoms with Crippen LogP contribution >= 0.6 is 0 Å². The first kappa shape index (κ1) is 10.1. The maximum absolute atomic E-state index is 12.4. The summed E-state index contributed by atoms with van der Waals surface area (Å²) in [6.45, 7) is 2.64. The predicted octanol–water partition coefficient (Wildman–Crippen LogP) is 1.04. The van der Waals surface area contributed by atoms with E-state index in [1.54, 1.807) is 15.8 Å². The number of hydrogen-bond acceptors (Lipinski definition) is 3. The van der Waals surface area contributed by atoms with Crippen molar-refractivity contribution in [2.24, 2.45) is 0 Å². The molecular weight excluding hydrogens is 195 g/mol. The number of nitriles is 1. The minimum atomic E-state index is -0.451. The van der Waals surface area contributed by atoms with Gasteiger partial charge in [-0.1, -0.05) is 0 Å². The molecule has 0 spiro atoms. The standard InChI is InChI=1S/C10H13FN4/c1-9-4-13-15(5-9)10(2-3-12)6-14(7-10)8-11/h4-5H,2,6-8H2,1H3. The molecule has 1 aliphatic rings. The molecule has 0 N–H and O–H groups in total. The molecule has 0 aromatic carbocycles. The molecule has 0 aliphatic carbocycles. The molecule has 1 fully saturated rings. The van der Waals surface area contributed by atoms with Crippen molar-refractivity contribution in [1.82, 2.24) is 14.7 Å². The summed E-state index contributed by atoms with van der Waals surface area (Å²) in [7, 11) is 0. The molecule has 2 heterocycles. The fraction of sp³-hybridized carbons (Fsp3) is 0.600. The Balaban J connectivity index is 2.19. The normalized spacial score (nSPS) is 19.5. The number of likely N-dealkylation sites (tertiary alicyclic amines) is 1. The quantitative estimate of drug-likeness (QED) is 0.697. The van der Waals surface area contributed by atoms with Crippen LogP contribution in [0.25, 0.3) is 0 Å². The third-order valence-corrected chi connectivity index (χ3v) is 2.81. The van der Waals surface area contributed by atoms with Crippen LogP contribution in [-0.2, 0) is 5.54 Å². The Labute approximate surface area is 87.9 Å². The molecule has 15 heavy (non-hydrogen) atoms. The average Bonchev–Trinajstić information content (AvgIpc) is 2.58. The van der Waals surface area contributed by atoms with Gasteiger partial charge in [0.1, 0.15) is 12.3 Å². The lowest BCUT2D eigenvalue weighted by molar-refractivity contribution is -0.0220. The van der Waals surface area contributed by atoms with Crippen molar-refractivity contribution >= 4 is 0 Å². The number of halogens is 1. The van der Waals surface area contributed by atoms with Crippen LogP contribution in [0.4, 0.5) is 4.39 Å². The Morgan fingerprint density at radius 2 is 2.40 bits per heavy atom. The Morgan fingerprint density at radius 1 is 1.67 bits per heavy atom. The fourth-order valence-electron chi connectivity index (χ4n) is 2.03. The number of rotatable bonds is 3. The van der Waals surface area contributed by atoms with Crippen molar-refractivity contribution in [3.8, 4) is 6.07 Å². The Kier molecular flexibility index (Phi) is 2.45. The zero-order valence-corrected chi connectivity index (χ0v) is 8.65. The lowest BCUT2D eigenvalue weighted by atomic mass is 9.87. The van der Waals surface area contributed by atoms with E-state index in [1.165, 1.54) is 0 Å². The van der Waals surface area contributed by atoms with Crippen molar-refractivity contribution in [3.05, 3.63) is 18.0 Å². The van der Waals surface area contributed by atoms with Crippen molar-refractivity contribution in [2.75, 3.05) is 19.9 Å². The lowest BCUT2D eigenvalue weighted by Gasteiger charge is -2.47. The second-order valence-corrected chi connectivity index (χ2v) is 4.13. The Morgan fingerprint density at radius 3 is 2.87 bits per heavy atom. The van der Waals surface area contributed by atoms with E-state index in [4.69, 9.17) is 5.26 Å². The smallest absolute Gasteiger partial charge is 0.143 e. The second-order valence-electron chi connectivity index (χ2n) is 4.13. The van der Waals surface area contributed by atoms with Gasteiger partial charge in [-0.2, -0.15) is 10.4 Å². The van der Waals surface area contributed by atoms with Gasteiger partial charge < -0.3 is 0 Å². The predicted molar refractivity (Wildman–Crippen MR) is 52.7 cm³/mol. The maximum atomic E-state index is 12.4. The number of nitrogens with zero attached hydrogens (tertiary/aromatic N) is 4. The molecular formula is C10H13FN4. The van der Waals surface area contributed by atoms with Gasteiger partial charge in [0.2, 0.25) is 0 Å². The zero-order valence-electron chi connectivity index (χ0n) is 8.65. The van der Waals surface area contributed by atoms with E-state index < -0.39 is 6.80 Å². The molecule has 1 saturated heterocycles. The minimum absolute atomic E-state index is 0.310. The number of aromatic nitrogens is 2. The second kappa shape index (κ2) is 3.63. The third kappa shape index (κ3) is 1.61. The van der Waals surface area contributed by atoms with Crippen molar-refractivity contribution < 1.29 is 4.39 Å². The number of hydrogen-bond donors (Lipinski definition) is 0. The zero-order chi connectivity index (χ0) is 10.9.